The molecule has 0 saturated heterocycles. The molecule has 8 nitrogen and oxygen atoms in total. The van der Waals surface area contributed by atoms with Gasteiger partial charge in [0.1, 0.15) is 6.33 Å². The molecule has 9 heteroatoms. The molecule has 0 aliphatic heterocycles. The highest BCUT2D eigenvalue weighted by molar-refractivity contribution is 7.89. The van der Waals surface area contributed by atoms with Crippen LogP contribution in [-0.2, 0) is 10.0 Å². The maximum absolute atomic E-state index is 11.3. The van der Waals surface area contributed by atoms with E-state index in [9.17, 15) is 13.2 Å². The second kappa shape index (κ2) is 5.56. The van der Waals surface area contributed by atoms with Gasteiger partial charge in [-0.25, -0.2) is 18.1 Å². The van der Waals surface area contributed by atoms with Crippen LogP contribution in [0.25, 0.3) is 0 Å². The van der Waals surface area contributed by atoms with Crippen molar-refractivity contribution in [1.82, 2.24) is 25.2 Å². The number of nitrogens with zero attached hydrogens (tertiary/aromatic N) is 2. The lowest BCUT2D eigenvalue weighted by atomic mass is 10.5. The Morgan fingerprint density at radius 1 is 1.56 bits per heavy atom. The fourth-order valence-corrected chi connectivity index (χ4v) is 1.94. The molecule has 0 bridgehead atoms. The largest absolute Gasteiger partial charge is 0.348 e. The van der Waals surface area contributed by atoms with Crippen molar-refractivity contribution in [2.75, 3.05) is 18.8 Å². The molecule has 0 aliphatic carbocycles. The van der Waals surface area contributed by atoms with Crippen LogP contribution in [0.15, 0.2) is 6.33 Å². The third kappa shape index (κ3) is 3.95. The molecule has 1 aromatic heterocycles. The zero-order valence-electron chi connectivity index (χ0n) is 8.73. The van der Waals surface area contributed by atoms with E-state index in [1.54, 1.807) is 6.92 Å². The summed E-state index contributed by atoms with van der Waals surface area (Å²) >= 11 is 0. The highest BCUT2D eigenvalue weighted by Crippen LogP contribution is 1.86. The van der Waals surface area contributed by atoms with Crippen molar-refractivity contribution in [2.24, 2.45) is 0 Å². The molecule has 1 rings (SSSR count). The van der Waals surface area contributed by atoms with E-state index >= 15 is 0 Å². The van der Waals surface area contributed by atoms with Crippen LogP contribution in [0.1, 0.15) is 17.5 Å². The van der Waals surface area contributed by atoms with E-state index in [0.29, 0.717) is 6.54 Å². The Morgan fingerprint density at radius 2 is 2.31 bits per heavy atom. The average molecular weight is 247 g/mol. The summed E-state index contributed by atoms with van der Waals surface area (Å²) in [5, 5.41) is 8.28. The Labute approximate surface area is 92.9 Å². The van der Waals surface area contributed by atoms with Crippen molar-refractivity contribution in [2.45, 2.75) is 6.92 Å². The van der Waals surface area contributed by atoms with Crippen molar-refractivity contribution >= 4 is 15.9 Å². The second-order valence-corrected chi connectivity index (χ2v) is 4.83. The van der Waals surface area contributed by atoms with E-state index in [4.69, 9.17) is 0 Å². The van der Waals surface area contributed by atoms with Crippen LogP contribution < -0.4 is 10.0 Å². The summed E-state index contributed by atoms with van der Waals surface area (Å²) in [6, 6.07) is 0. The monoisotopic (exact) mass is 247 g/mol. The van der Waals surface area contributed by atoms with Gasteiger partial charge in [-0.2, -0.15) is 5.10 Å². The summed E-state index contributed by atoms with van der Waals surface area (Å²) in [6.45, 7) is 2.04. The van der Waals surface area contributed by atoms with E-state index in [1.807, 2.05) is 0 Å². The fraction of sp³-hybridized carbons (Fsp3) is 0.571. The van der Waals surface area contributed by atoms with Gasteiger partial charge in [0.15, 0.2) is 0 Å². The number of nitrogens with one attached hydrogen (secondary N) is 3. The molecule has 0 fully saturated rings. The average Bonchev–Trinajstić information content (AvgIpc) is 2.69. The predicted molar refractivity (Wildman–Crippen MR) is 56.2 cm³/mol. The number of rotatable bonds is 6. The van der Waals surface area contributed by atoms with Gasteiger partial charge in [-0.1, -0.05) is 6.92 Å². The summed E-state index contributed by atoms with van der Waals surface area (Å²) in [6.07, 6.45) is 1.20. The van der Waals surface area contributed by atoms with Crippen LogP contribution in [0.2, 0.25) is 0 Å². The highest BCUT2D eigenvalue weighted by Gasteiger charge is 2.11. The van der Waals surface area contributed by atoms with Crippen LogP contribution in [-0.4, -0.2) is 48.3 Å². The molecule has 0 atom stereocenters. The van der Waals surface area contributed by atoms with E-state index < -0.39 is 15.9 Å². The molecule has 0 spiro atoms. The molecular weight excluding hydrogens is 234 g/mol. The molecule has 1 heterocycles. The predicted octanol–water partition coefficient (Wildman–Crippen LogP) is -1.53. The second-order valence-electron chi connectivity index (χ2n) is 2.91. The van der Waals surface area contributed by atoms with Gasteiger partial charge in [0.05, 0.1) is 5.75 Å². The molecule has 16 heavy (non-hydrogen) atoms. The van der Waals surface area contributed by atoms with E-state index in [-0.39, 0.29) is 18.1 Å². The van der Waals surface area contributed by atoms with Crippen molar-refractivity contribution in [3.05, 3.63) is 12.2 Å². The third-order valence-corrected chi connectivity index (χ3v) is 3.12. The molecule has 90 valence electrons. The zero-order chi connectivity index (χ0) is 12.0. The third-order valence-electron chi connectivity index (χ3n) is 1.65. The lowest BCUT2D eigenvalue weighted by Crippen LogP contribution is -2.34. The molecule has 0 aliphatic rings. The van der Waals surface area contributed by atoms with Crippen LogP contribution >= 0.6 is 0 Å². The SMILES string of the molecule is CCNS(=O)(=O)CCNC(=O)c1ncn[nH]1. The van der Waals surface area contributed by atoms with Crippen LogP contribution in [0.4, 0.5) is 0 Å². The number of carbonyl (C=O) groups is 1. The number of aromatic nitrogens is 3. The first kappa shape index (κ1) is 12.6. The van der Waals surface area contributed by atoms with Gasteiger partial charge in [0, 0.05) is 13.1 Å². The maximum atomic E-state index is 11.3. The number of amides is 1. The molecule has 1 amide bonds. The van der Waals surface area contributed by atoms with Gasteiger partial charge in [-0.05, 0) is 0 Å². The van der Waals surface area contributed by atoms with Crippen molar-refractivity contribution in [1.29, 1.82) is 0 Å². The van der Waals surface area contributed by atoms with Crippen LogP contribution in [0.3, 0.4) is 0 Å². The van der Waals surface area contributed by atoms with Crippen molar-refractivity contribution in [3.63, 3.8) is 0 Å². The summed E-state index contributed by atoms with van der Waals surface area (Å²) in [5.41, 5.74) is 0. The number of hydrogen-bond donors (Lipinski definition) is 3. The molecule has 0 radical (unpaired) electrons. The van der Waals surface area contributed by atoms with Gasteiger partial charge < -0.3 is 5.32 Å². The maximum Gasteiger partial charge on any atom is 0.288 e. The normalized spacial score (nSPS) is 11.3. The van der Waals surface area contributed by atoms with Gasteiger partial charge in [-0.15, -0.1) is 0 Å². The Morgan fingerprint density at radius 3 is 2.88 bits per heavy atom. The van der Waals surface area contributed by atoms with Gasteiger partial charge in [-0.3, -0.25) is 9.89 Å². The van der Waals surface area contributed by atoms with Crippen molar-refractivity contribution < 1.29 is 13.2 Å². The summed E-state index contributed by atoms with van der Waals surface area (Å²) in [7, 11) is -3.31. The summed E-state index contributed by atoms with van der Waals surface area (Å²) < 4.78 is 24.7. The Hall–Kier alpha value is -1.48. The number of hydrogen-bond acceptors (Lipinski definition) is 5. The lowest BCUT2D eigenvalue weighted by molar-refractivity contribution is 0.0946. The first-order chi connectivity index (χ1) is 7.55. The highest BCUT2D eigenvalue weighted by atomic mass is 32.2. The lowest BCUT2D eigenvalue weighted by Gasteiger charge is -2.04. The molecule has 0 aromatic carbocycles. The Balaban J connectivity index is 2.34. The first-order valence-electron chi connectivity index (χ1n) is 4.66. The molecular formula is C7H13N5O3S. The van der Waals surface area contributed by atoms with Gasteiger partial charge in [0.25, 0.3) is 5.91 Å². The van der Waals surface area contributed by atoms with Crippen LogP contribution in [0.5, 0.6) is 0 Å². The minimum atomic E-state index is -3.31. The molecule has 0 saturated carbocycles. The smallest absolute Gasteiger partial charge is 0.288 e. The number of H-pyrrole nitrogens is 1. The number of carbonyl (C=O) groups excluding carboxylic acids is 1. The van der Waals surface area contributed by atoms with Crippen molar-refractivity contribution in [3.8, 4) is 0 Å². The van der Waals surface area contributed by atoms with E-state index in [2.05, 4.69) is 25.2 Å². The number of sulfonamides is 1. The fourth-order valence-electron chi connectivity index (χ4n) is 0.990. The number of aromatic amines is 1. The van der Waals surface area contributed by atoms with E-state index in [0.717, 1.165) is 0 Å². The molecule has 0 unspecified atom stereocenters. The van der Waals surface area contributed by atoms with Crippen LogP contribution in [0, 0.1) is 0 Å². The minimum Gasteiger partial charge on any atom is -0.348 e. The summed E-state index contributed by atoms with van der Waals surface area (Å²) in [5.74, 6) is -0.592. The first-order valence-corrected chi connectivity index (χ1v) is 6.31. The van der Waals surface area contributed by atoms with Gasteiger partial charge in [0.2, 0.25) is 15.8 Å². The quantitative estimate of drug-likeness (QED) is 0.564. The topological polar surface area (TPSA) is 117 Å². The standard InChI is InChI=1S/C7H13N5O3S/c1-2-11-16(14,15)4-3-8-7(13)6-9-5-10-12-6/h5,11H,2-4H2,1H3,(H,8,13)(H,9,10,12). The molecule has 3 N–H and O–H groups in total. The minimum absolute atomic E-state index is 0.0227. The zero-order valence-corrected chi connectivity index (χ0v) is 9.54. The Bertz CT molecular complexity index is 427. The Kier molecular flexibility index (Phi) is 4.38. The van der Waals surface area contributed by atoms with E-state index in [1.165, 1.54) is 6.33 Å². The summed E-state index contributed by atoms with van der Waals surface area (Å²) in [4.78, 5) is 14.9. The molecule has 1 aromatic rings. The van der Waals surface area contributed by atoms with Gasteiger partial charge >= 0.3 is 0 Å².